The van der Waals surface area contributed by atoms with Crippen LogP contribution < -0.4 is 5.32 Å². The third kappa shape index (κ3) is 4.21. The van der Waals surface area contributed by atoms with Gasteiger partial charge in [-0.15, -0.1) is 0 Å². The highest BCUT2D eigenvalue weighted by Crippen LogP contribution is 2.23. The lowest BCUT2D eigenvalue weighted by molar-refractivity contribution is -0.123. The summed E-state index contributed by atoms with van der Waals surface area (Å²) < 4.78 is 5.36. The second kappa shape index (κ2) is 8.50. The minimum Gasteiger partial charge on any atom is -0.464 e. The van der Waals surface area contributed by atoms with Crippen molar-refractivity contribution in [3.8, 4) is 11.3 Å². The molecular weight excluding hydrogens is 326 g/mol. The predicted octanol–water partition coefficient (Wildman–Crippen LogP) is 4.29. The molecule has 0 aliphatic rings. The van der Waals surface area contributed by atoms with E-state index in [0.717, 1.165) is 22.5 Å². The summed E-state index contributed by atoms with van der Waals surface area (Å²) in [6, 6.07) is 20.9. The standard InChI is InChI=1S/C22H23NO3/c1-2-19(16-7-4-3-5-8-16)22(25)23-15-20(24)17-10-12-18(13-11-17)21-9-6-14-26-21/h3-14,19-20,24H,2,15H2,1H3,(H,23,25)/t19-,20-/m0/s1. The highest BCUT2D eigenvalue weighted by Gasteiger charge is 2.19. The van der Waals surface area contributed by atoms with E-state index in [9.17, 15) is 9.90 Å². The maximum absolute atomic E-state index is 12.5. The number of aliphatic hydroxyl groups excluding tert-OH is 1. The fraction of sp³-hybridized carbons (Fsp3) is 0.227. The molecule has 2 atom stereocenters. The zero-order valence-electron chi connectivity index (χ0n) is 14.8. The second-order valence-corrected chi connectivity index (χ2v) is 6.23. The molecule has 4 nitrogen and oxygen atoms in total. The van der Waals surface area contributed by atoms with Crippen molar-refractivity contribution < 1.29 is 14.3 Å². The van der Waals surface area contributed by atoms with E-state index in [-0.39, 0.29) is 18.4 Å². The molecule has 0 radical (unpaired) electrons. The molecule has 0 saturated carbocycles. The minimum absolute atomic E-state index is 0.0649. The molecule has 4 heteroatoms. The Hall–Kier alpha value is -2.85. The van der Waals surface area contributed by atoms with Gasteiger partial charge < -0.3 is 14.8 Å². The Kier molecular flexibility index (Phi) is 5.87. The number of amides is 1. The number of nitrogens with one attached hydrogen (secondary N) is 1. The Bertz CT molecular complexity index is 810. The maximum atomic E-state index is 12.5. The molecule has 2 N–H and O–H groups in total. The molecule has 0 aliphatic carbocycles. The second-order valence-electron chi connectivity index (χ2n) is 6.23. The third-order valence-electron chi connectivity index (χ3n) is 4.50. The first-order valence-electron chi connectivity index (χ1n) is 8.83. The van der Waals surface area contributed by atoms with Gasteiger partial charge >= 0.3 is 0 Å². The number of aliphatic hydroxyl groups is 1. The SMILES string of the molecule is CC[C@H](C(=O)NC[C@H](O)c1ccc(-c2ccco2)cc1)c1ccccc1. The fourth-order valence-corrected chi connectivity index (χ4v) is 3.01. The van der Waals surface area contributed by atoms with Gasteiger partial charge in [0.05, 0.1) is 18.3 Å². The average Bonchev–Trinajstić information content (AvgIpc) is 3.22. The summed E-state index contributed by atoms with van der Waals surface area (Å²) in [4.78, 5) is 12.5. The third-order valence-corrected chi connectivity index (χ3v) is 4.50. The number of furan rings is 1. The van der Waals surface area contributed by atoms with Gasteiger partial charge in [-0.25, -0.2) is 0 Å². The first kappa shape index (κ1) is 18.0. The summed E-state index contributed by atoms with van der Waals surface area (Å²) in [5, 5.41) is 13.2. The van der Waals surface area contributed by atoms with Crippen LogP contribution in [0.2, 0.25) is 0 Å². The van der Waals surface area contributed by atoms with Gasteiger partial charge in [0, 0.05) is 12.1 Å². The Morgan fingerprint density at radius 1 is 1.00 bits per heavy atom. The van der Waals surface area contributed by atoms with Gasteiger partial charge in [-0.1, -0.05) is 61.5 Å². The van der Waals surface area contributed by atoms with E-state index in [1.807, 2.05) is 73.7 Å². The molecule has 0 aliphatic heterocycles. The van der Waals surface area contributed by atoms with Crippen LogP contribution in [-0.2, 0) is 4.79 Å². The molecule has 3 rings (SSSR count). The van der Waals surface area contributed by atoms with Gasteiger partial charge in [0.25, 0.3) is 0 Å². The number of carbonyl (C=O) groups is 1. The van der Waals surface area contributed by atoms with Gasteiger partial charge in [-0.05, 0) is 29.7 Å². The zero-order chi connectivity index (χ0) is 18.4. The number of benzene rings is 2. The predicted molar refractivity (Wildman–Crippen MR) is 102 cm³/mol. The van der Waals surface area contributed by atoms with Crippen LogP contribution >= 0.6 is 0 Å². The molecular formula is C22H23NO3. The molecule has 0 saturated heterocycles. The topological polar surface area (TPSA) is 62.5 Å². The van der Waals surface area contributed by atoms with Crippen molar-refractivity contribution in [1.82, 2.24) is 5.32 Å². The van der Waals surface area contributed by atoms with Gasteiger partial charge in [-0.3, -0.25) is 4.79 Å². The van der Waals surface area contributed by atoms with Crippen molar-refractivity contribution in [3.05, 3.63) is 84.1 Å². The van der Waals surface area contributed by atoms with E-state index in [0.29, 0.717) is 6.42 Å². The summed E-state index contributed by atoms with van der Waals surface area (Å²) in [6.07, 6.45) is 1.59. The van der Waals surface area contributed by atoms with Crippen molar-refractivity contribution in [3.63, 3.8) is 0 Å². The Balaban J connectivity index is 1.59. The normalized spacial score (nSPS) is 13.2. The van der Waals surface area contributed by atoms with E-state index in [1.54, 1.807) is 6.26 Å². The van der Waals surface area contributed by atoms with Crippen molar-refractivity contribution in [1.29, 1.82) is 0 Å². The number of rotatable bonds is 7. The molecule has 134 valence electrons. The Labute approximate surface area is 153 Å². The van der Waals surface area contributed by atoms with Gasteiger partial charge in [-0.2, -0.15) is 0 Å². The molecule has 0 fully saturated rings. The first-order valence-corrected chi connectivity index (χ1v) is 8.83. The van der Waals surface area contributed by atoms with E-state index in [2.05, 4.69) is 5.32 Å². The summed E-state index contributed by atoms with van der Waals surface area (Å²) in [5.41, 5.74) is 2.70. The molecule has 0 bridgehead atoms. The Morgan fingerprint density at radius 3 is 2.35 bits per heavy atom. The summed E-state index contributed by atoms with van der Waals surface area (Å²) >= 11 is 0. The highest BCUT2D eigenvalue weighted by molar-refractivity contribution is 5.83. The minimum atomic E-state index is -0.752. The van der Waals surface area contributed by atoms with E-state index in [4.69, 9.17) is 4.42 Å². The largest absolute Gasteiger partial charge is 0.464 e. The van der Waals surface area contributed by atoms with Gasteiger partial charge in [0.1, 0.15) is 5.76 Å². The van der Waals surface area contributed by atoms with Crippen LogP contribution in [0.3, 0.4) is 0 Å². The van der Waals surface area contributed by atoms with Crippen LogP contribution in [-0.4, -0.2) is 17.6 Å². The van der Waals surface area contributed by atoms with Crippen molar-refractivity contribution in [2.75, 3.05) is 6.54 Å². The lowest BCUT2D eigenvalue weighted by Crippen LogP contribution is -2.32. The van der Waals surface area contributed by atoms with Crippen molar-refractivity contribution in [2.45, 2.75) is 25.4 Å². The molecule has 0 spiro atoms. The van der Waals surface area contributed by atoms with Crippen LogP contribution in [0.4, 0.5) is 0 Å². The lowest BCUT2D eigenvalue weighted by atomic mass is 9.95. The molecule has 1 amide bonds. The molecule has 1 heterocycles. The van der Waals surface area contributed by atoms with Crippen LogP contribution in [0.15, 0.2) is 77.4 Å². The highest BCUT2D eigenvalue weighted by atomic mass is 16.3. The Morgan fingerprint density at radius 2 is 1.73 bits per heavy atom. The van der Waals surface area contributed by atoms with E-state index >= 15 is 0 Å². The molecule has 26 heavy (non-hydrogen) atoms. The van der Waals surface area contributed by atoms with Crippen molar-refractivity contribution >= 4 is 5.91 Å². The van der Waals surface area contributed by atoms with Crippen LogP contribution in [0.5, 0.6) is 0 Å². The number of carbonyl (C=O) groups excluding carboxylic acids is 1. The quantitative estimate of drug-likeness (QED) is 0.669. The molecule has 1 aromatic heterocycles. The average molecular weight is 349 g/mol. The van der Waals surface area contributed by atoms with Crippen molar-refractivity contribution in [2.24, 2.45) is 0 Å². The van der Waals surface area contributed by atoms with Crippen LogP contribution in [0.1, 0.15) is 36.5 Å². The molecule has 0 unspecified atom stereocenters. The van der Waals surface area contributed by atoms with Crippen LogP contribution in [0, 0.1) is 0 Å². The molecule has 3 aromatic rings. The first-order chi connectivity index (χ1) is 12.7. The summed E-state index contributed by atoms with van der Waals surface area (Å²) in [5.74, 6) is 0.516. The summed E-state index contributed by atoms with van der Waals surface area (Å²) in [6.45, 7) is 2.17. The molecule has 2 aromatic carbocycles. The van der Waals surface area contributed by atoms with Gasteiger partial charge in [0.2, 0.25) is 5.91 Å². The van der Waals surface area contributed by atoms with Gasteiger partial charge in [0.15, 0.2) is 0 Å². The summed E-state index contributed by atoms with van der Waals surface area (Å²) in [7, 11) is 0. The smallest absolute Gasteiger partial charge is 0.227 e. The number of hydrogen-bond acceptors (Lipinski definition) is 3. The van der Waals surface area contributed by atoms with Crippen LogP contribution in [0.25, 0.3) is 11.3 Å². The monoisotopic (exact) mass is 349 g/mol. The number of hydrogen-bond donors (Lipinski definition) is 2. The maximum Gasteiger partial charge on any atom is 0.227 e. The lowest BCUT2D eigenvalue weighted by Gasteiger charge is -2.18. The van der Waals surface area contributed by atoms with E-state index < -0.39 is 6.10 Å². The fourth-order valence-electron chi connectivity index (χ4n) is 3.01. The zero-order valence-corrected chi connectivity index (χ0v) is 14.8. The van der Waals surface area contributed by atoms with E-state index in [1.165, 1.54) is 0 Å².